The van der Waals surface area contributed by atoms with Crippen LogP contribution in [0.3, 0.4) is 0 Å². The summed E-state index contributed by atoms with van der Waals surface area (Å²) >= 11 is 4.77. The number of anilines is 2. The zero-order valence-corrected chi connectivity index (χ0v) is 16.8. The molecule has 0 bridgehead atoms. The van der Waals surface area contributed by atoms with Gasteiger partial charge in [0.2, 0.25) is 0 Å². The van der Waals surface area contributed by atoms with Crippen LogP contribution in [0.2, 0.25) is 0 Å². The molecule has 4 rings (SSSR count). The van der Waals surface area contributed by atoms with Gasteiger partial charge in [-0.15, -0.1) is 11.3 Å². The minimum Gasteiger partial charge on any atom is -0.397 e. The van der Waals surface area contributed by atoms with Crippen LogP contribution in [0.15, 0.2) is 59.3 Å². The summed E-state index contributed by atoms with van der Waals surface area (Å²) in [4.78, 5) is 22.6. The third-order valence-corrected chi connectivity index (χ3v) is 5.92. The first-order chi connectivity index (χ1) is 13.0. The van der Waals surface area contributed by atoms with Gasteiger partial charge in [-0.2, -0.15) is 0 Å². The number of carbonyl (C=O) groups excluding carboxylic acids is 1. The van der Waals surface area contributed by atoms with Crippen LogP contribution in [0.5, 0.6) is 0 Å². The monoisotopic (exact) mass is 438 g/mol. The van der Waals surface area contributed by atoms with Crippen LogP contribution in [-0.2, 0) is 0 Å². The minimum absolute atomic E-state index is 0.245. The fourth-order valence-corrected chi connectivity index (χ4v) is 4.33. The molecule has 0 atom stereocenters. The van der Waals surface area contributed by atoms with Gasteiger partial charge in [-0.05, 0) is 64.8 Å². The van der Waals surface area contributed by atoms with Gasteiger partial charge in [-0.25, -0.2) is 4.98 Å². The van der Waals surface area contributed by atoms with Crippen molar-refractivity contribution in [1.82, 2.24) is 9.97 Å². The fraction of sp³-hybridized carbons (Fsp3) is 0.0500. The van der Waals surface area contributed by atoms with Crippen molar-refractivity contribution in [3.63, 3.8) is 0 Å². The molecule has 3 aromatic heterocycles. The Bertz CT molecular complexity index is 1160. The van der Waals surface area contributed by atoms with Crippen LogP contribution in [-0.4, -0.2) is 15.9 Å². The highest BCUT2D eigenvalue weighted by atomic mass is 79.9. The van der Waals surface area contributed by atoms with E-state index in [2.05, 4.69) is 31.2 Å². The highest BCUT2D eigenvalue weighted by Crippen LogP contribution is 2.35. The van der Waals surface area contributed by atoms with Crippen molar-refractivity contribution in [2.75, 3.05) is 11.1 Å². The van der Waals surface area contributed by atoms with Crippen LogP contribution < -0.4 is 11.1 Å². The van der Waals surface area contributed by atoms with Gasteiger partial charge >= 0.3 is 0 Å². The molecule has 0 spiro atoms. The number of aromatic nitrogens is 2. The molecule has 1 amide bonds. The summed E-state index contributed by atoms with van der Waals surface area (Å²) in [5.74, 6) is -0.245. The molecule has 0 aliphatic heterocycles. The maximum atomic E-state index is 12.8. The smallest absolute Gasteiger partial charge is 0.267 e. The molecule has 5 nitrogen and oxygen atoms in total. The van der Waals surface area contributed by atoms with E-state index in [-0.39, 0.29) is 5.91 Å². The molecule has 0 fully saturated rings. The third kappa shape index (κ3) is 3.43. The lowest BCUT2D eigenvalue weighted by atomic mass is 10.1. The molecule has 7 heteroatoms. The number of carbonyl (C=O) groups is 1. The fourth-order valence-electron chi connectivity index (χ4n) is 2.75. The molecule has 0 saturated heterocycles. The van der Waals surface area contributed by atoms with Crippen LogP contribution >= 0.6 is 27.3 Å². The highest BCUT2D eigenvalue weighted by Gasteiger charge is 2.18. The van der Waals surface area contributed by atoms with Gasteiger partial charge < -0.3 is 11.1 Å². The first kappa shape index (κ1) is 17.6. The standard InChI is InChI=1S/C20H15BrN4OS/c1-11-2-4-16(14(21)10-11)24-19(26)18-17(22)13-3-5-15(25-20(13)27-18)12-6-8-23-9-7-12/h2-10H,22H2,1H3,(H,24,26). The molecule has 0 aliphatic carbocycles. The van der Waals surface area contributed by atoms with Gasteiger partial charge in [0, 0.05) is 27.8 Å². The van der Waals surface area contributed by atoms with Crippen LogP contribution in [0.25, 0.3) is 21.5 Å². The van der Waals surface area contributed by atoms with Gasteiger partial charge in [0.05, 0.1) is 17.1 Å². The number of aryl methyl sites for hydroxylation is 1. The Hall–Kier alpha value is -2.77. The van der Waals surface area contributed by atoms with Crippen molar-refractivity contribution in [1.29, 1.82) is 0 Å². The summed E-state index contributed by atoms with van der Waals surface area (Å²) in [6.07, 6.45) is 3.45. The molecule has 3 N–H and O–H groups in total. The van der Waals surface area contributed by atoms with Crippen LogP contribution in [0.4, 0.5) is 11.4 Å². The molecule has 134 valence electrons. The number of amides is 1. The molecular weight excluding hydrogens is 424 g/mol. The summed E-state index contributed by atoms with van der Waals surface area (Å²) in [5.41, 5.74) is 10.3. The molecule has 4 aromatic rings. The summed E-state index contributed by atoms with van der Waals surface area (Å²) in [6, 6.07) is 13.4. The predicted molar refractivity (Wildman–Crippen MR) is 114 cm³/mol. The summed E-state index contributed by atoms with van der Waals surface area (Å²) in [7, 11) is 0. The first-order valence-electron chi connectivity index (χ1n) is 8.20. The molecule has 0 aliphatic rings. The second-order valence-corrected chi connectivity index (χ2v) is 7.92. The van der Waals surface area contributed by atoms with E-state index in [0.717, 1.165) is 31.5 Å². The largest absolute Gasteiger partial charge is 0.397 e. The topological polar surface area (TPSA) is 80.9 Å². The zero-order chi connectivity index (χ0) is 19.0. The van der Waals surface area contributed by atoms with Crippen molar-refractivity contribution < 1.29 is 4.79 Å². The lowest BCUT2D eigenvalue weighted by Gasteiger charge is -2.07. The zero-order valence-electron chi connectivity index (χ0n) is 14.4. The average molecular weight is 439 g/mol. The molecule has 0 radical (unpaired) electrons. The normalized spacial score (nSPS) is 10.9. The second-order valence-electron chi connectivity index (χ2n) is 6.07. The van der Waals surface area contributed by atoms with Gasteiger partial charge in [-0.1, -0.05) is 6.07 Å². The molecule has 3 heterocycles. The van der Waals surface area contributed by atoms with Crippen molar-refractivity contribution in [3.05, 3.63) is 69.8 Å². The molecule has 0 saturated carbocycles. The number of nitrogens with two attached hydrogens (primary N) is 1. The number of hydrogen-bond acceptors (Lipinski definition) is 5. The molecule has 0 unspecified atom stereocenters. The summed E-state index contributed by atoms with van der Waals surface area (Å²) < 4.78 is 0.827. The van der Waals surface area contributed by atoms with E-state index in [1.165, 1.54) is 11.3 Å². The number of thiophene rings is 1. The Balaban J connectivity index is 1.69. The number of nitrogens with zero attached hydrogens (tertiary/aromatic N) is 2. The number of benzene rings is 1. The first-order valence-corrected chi connectivity index (χ1v) is 9.81. The Labute approximate surface area is 168 Å². The molecule has 1 aromatic carbocycles. The van der Waals surface area contributed by atoms with E-state index in [1.807, 2.05) is 49.4 Å². The maximum Gasteiger partial charge on any atom is 0.267 e. The SMILES string of the molecule is Cc1ccc(NC(=O)c2sc3nc(-c4ccncc4)ccc3c2N)c(Br)c1. The Morgan fingerprint density at radius 1 is 1.15 bits per heavy atom. The lowest BCUT2D eigenvalue weighted by Crippen LogP contribution is -2.12. The second kappa shape index (κ2) is 7.09. The van der Waals surface area contributed by atoms with E-state index in [0.29, 0.717) is 16.3 Å². The number of pyridine rings is 2. The Morgan fingerprint density at radius 2 is 1.93 bits per heavy atom. The number of fused-ring (bicyclic) bond motifs is 1. The van der Waals surface area contributed by atoms with E-state index >= 15 is 0 Å². The summed E-state index contributed by atoms with van der Waals surface area (Å²) in [6.45, 7) is 1.99. The van der Waals surface area contributed by atoms with Gasteiger partial charge in [0.1, 0.15) is 9.71 Å². The van der Waals surface area contributed by atoms with Gasteiger partial charge in [-0.3, -0.25) is 9.78 Å². The van der Waals surface area contributed by atoms with Crippen molar-refractivity contribution in [3.8, 4) is 11.3 Å². The van der Waals surface area contributed by atoms with Crippen molar-refractivity contribution in [2.45, 2.75) is 6.92 Å². The maximum absolute atomic E-state index is 12.8. The predicted octanol–water partition coefficient (Wildman–Crippen LogP) is 5.26. The molecule has 27 heavy (non-hydrogen) atoms. The Kier molecular flexibility index (Phi) is 4.63. The van der Waals surface area contributed by atoms with Gasteiger partial charge in [0.25, 0.3) is 5.91 Å². The van der Waals surface area contributed by atoms with E-state index in [9.17, 15) is 4.79 Å². The quantitative estimate of drug-likeness (QED) is 0.456. The third-order valence-electron chi connectivity index (χ3n) is 4.15. The van der Waals surface area contributed by atoms with Gasteiger partial charge in [0.15, 0.2) is 0 Å². The minimum atomic E-state index is -0.245. The number of rotatable bonds is 3. The van der Waals surface area contributed by atoms with Crippen LogP contribution in [0.1, 0.15) is 15.2 Å². The highest BCUT2D eigenvalue weighted by molar-refractivity contribution is 9.10. The Morgan fingerprint density at radius 3 is 2.67 bits per heavy atom. The van der Waals surface area contributed by atoms with Crippen LogP contribution in [0, 0.1) is 6.92 Å². The number of hydrogen-bond donors (Lipinski definition) is 2. The number of halogens is 1. The van der Waals surface area contributed by atoms with Crippen molar-refractivity contribution in [2.24, 2.45) is 0 Å². The average Bonchev–Trinajstić information content (AvgIpc) is 3.01. The molecular formula is C20H15BrN4OS. The van der Waals surface area contributed by atoms with E-state index in [1.54, 1.807) is 12.4 Å². The van der Waals surface area contributed by atoms with Crippen molar-refractivity contribution >= 4 is 54.8 Å². The summed E-state index contributed by atoms with van der Waals surface area (Å²) in [5, 5.41) is 3.69. The van der Waals surface area contributed by atoms with E-state index in [4.69, 9.17) is 5.73 Å². The number of nitrogens with one attached hydrogen (secondary N) is 1. The number of nitrogen functional groups attached to an aromatic ring is 1. The van der Waals surface area contributed by atoms with E-state index < -0.39 is 0 Å². The lowest BCUT2D eigenvalue weighted by molar-refractivity contribution is 0.103.